The molecule has 0 unspecified atom stereocenters. The van der Waals surface area contributed by atoms with E-state index in [1.165, 1.54) is 0 Å². The largest absolute Gasteiger partial charge is 0.392 e. The third-order valence-corrected chi connectivity index (χ3v) is 4.70. The van der Waals surface area contributed by atoms with Gasteiger partial charge in [-0.2, -0.15) is 0 Å². The molecule has 1 aromatic rings. The lowest BCUT2D eigenvalue weighted by Gasteiger charge is -2.26. The summed E-state index contributed by atoms with van der Waals surface area (Å²) in [4.78, 5) is 15.5. The number of aromatic nitrogens is 2. The summed E-state index contributed by atoms with van der Waals surface area (Å²) in [6.45, 7) is 7.85. The predicted molar refractivity (Wildman–Crippen MR) is 101 cm³/mol. The van der Waals surface area contributed by atoms with Gasteiger partial charge in [0.1, 0.15) is 12.2 Å². The van der Waals surface area contributed by atoms with Crippen LogP contribution in [0.4, 0.5) is 5.82 Å². The number of nitrogens with one attached hydrogen (secondary N) is 1. The van der Waals surface area contributed by atoms with Crippen LogP contribution in [0.25, 0.3) is 0 Å². The van der Waals surface area contributed by atoms with E-state index in [0.29, 0.717) is 11.6 Å². The number of nitrogens with two attached hydrogens (primary N) is 1. The molecule has 0 radical (unpaired) electrons. The van der Waals surface area contributed by atoms with Crippen LogP contribution in [-0.4, -0.2) is 52.8 Å². The molecule has 2 aliphatic rings. The summed E-state index contributed by atoms with van der Waals surface area (Å²) in [5.74, 6) is 2.15. The Hall–Kier alpha value is -2.16. The van der Waals surface area contributed by atoms with Crippen LogP contribution in [0.1, 0.15) is 5.69 Å². The molecule has 7 nitrogen and oxygen atoms in total. The minimum atomic E-state index is 0.647. The van der Waals surface area contributed by atoms with Crippen LogP contribution in [-0.2, 0) is 11.3 Å². The minimum Gasteiger partial charge on any atom is -0.392 e. The zero-order chi connectivity index (χ0) is 17.5. The van der Waals surface area contributed by atoms with Gasteiger partial charge < -0.3 is 15.8 Å². The maximum absolute atomic E-state index is 6.00. The highest BCUT2D eigenvalue weighted by atomic mass is 32.2. The lowest BCUT2D eigenvalue weighted by molar-refractivity contribution is 0.0336. The number of allylic oxidation sites excluding steroid dienone is 3. The first-order chi connectivity index (χ1) is 12.2. The van der Waals surface area contributed by atoms with Crippen molar-refractivity contribution in [2.45, 2.75) is 6.54 Å². The third kappa shape index (κ3) is 5.15. The van der Waals surface area contributed by atoms with Gasteiger partial charge in [-0.3, -0.25) is 4.90 Å². The van der Waals surface area contributed by atoms with Gasteiger partial charge in [-0.05, 0) is 6.08 Å². The molecule has 1 fully saturated rings. The Labute approximate surface area is 151 Å². The van der Waals surface area contributed by atoms with E-state index in [2.05, 4.69) is 31.8 Å². The second kappa shape index (κ2) is 8.80. The molecule has 132 valence electrons. The van der Waals surface area contributed by atoms with Crippen LogP contribution >= 0.6 is 11.8 Å². The van der Waals surface area contributed by atoms with Crippen LogP contribution < -0.4 is 11.1 Å². The second-order valence-corrected chi connectivity index (χ2v) is 6.62. The number of nitrogens with zero attached hydrogens (tertiary/aromatic N) is 4. The molecule has 8 heteroatoms. The highest BCUT2D eigenvalue weighted by molar-refractivity contribution is 8.03. The molecule has 0 aromatic carbocycles. The topological polar surface area (TPSA) is 88.7 Å². The van der Waals surface area contributed by atoms with E-state index < -0.39 is 0 Å². The molecule has 0 bridgehead atoms. The molecule has 3 N–H and O–H groups in total. The van der Waals surface area contributed by atoms with Crippen molar-refractivity contribution in [1.82, 2.24) is 20.2 Å². The molecule has 0 saturated carbocycles. The Bertz CT molecular complexity index is 709. The summed E-state index contributed by atoms with van der Waals surface area (Å²) in [5.41, 5.74) is 7.79. The van der Waals surface area contributed by atoms with Crippen molar-refractivity contribution in [2.24, 2.45) is 10.7 Å². The first kappa shape index (κ1) is 17.7. The smallest absolute Gasteiger partial charge is 0.157 e. The van der Waals surface area contributed by atoms with Crippen molar-refractivity contribution in [2.75, 3.05) is 32.1 Å². The summed E-state index contributed by atoms with van der Waals surface area (Å²) in [7, 11) is 0. The molecule has 3 rings (SSSR count). The highest BCUT2D eigenvalue weighted by Gasteiger charge is 2.14. The van der Waals surface area contributed by atoms with Crippen LogP contribution in [0.2, 0.25) is 0 Å². The Morgan fingerprint density at radius 1 is 1.40 bits per heavy atom. The normalized spacial score (nSPS) is 20.9. The van der Waals surface area contributed by atoms with Crippen molar-refractivity contribution in [3.05, 3.63) is 53.6 Å². The number of thioether (sulfide) groups is 1. The zero-order valence-corrected chi connectivity index (χ0v) is 14.8. The molecule has 0 aliphatic carbocycles. The van der Waals surface area contributed by atoms with Gasteiger partial charge in [-0.1, -0.05) is 30.5 Å². The van der Waals surface area contributed by atoms with Gasteiger partial charge in [0.25, 0.3) is 0 Å². The third-order valence-electron chi connectivity index (χ3n) is 3.76. The van der Waals surface area contributed by atoms with E-state index in [1.54, 1.807) is 24.2 Å². The van der Waals surface area contributed by atoms with E-state index in [0.717, 1.165) is 55.1 Å². The fourth-order valence-corrected chi connectivity index (χ4v) is 3.19. The maximum atomic E-state index is 6.00. The fourth-order valence-electron chi connectivity index (χ4n) is 2.49. The predicted octanol–water partition coefficient (Wildman–Crippen LogP) is 1.55. The summed E-state index contributed by atoms with van der Waals surface area (Å²) in [6.07, 6.45) is 6.99. The molecule has 1 aromatic heterocycles. The Balaban J connectivity index is 1.69. The first-order valence-electron chi connectivity index (χ1n) is 8.12. The number of ether oxygens (including phenoxy) is 1. The average molecular weight is 358 g/mol. The molecular weight excluding hydrogens is 336 g/mol. The average Bonchev–Trinajstić information content (AvgIpc) is 2.63. The van der Waals surface area contributed by atoms with Gasteiger partial charge >= 0.3 is 0 Å². The summed E-state index contributed by atoms with van der Waals surface area (Å²) in [6, 6.07) is 1.93. The lowest BCUT2D eigenvalue weighted by Crippen LogP contribution is -2.35. The van der Waals surface area contributed by atoms with Crippen LogP contribution in [0, 0.1) is 0 Å². The van der Waals surface area contributed by atoms with Gasteiger partial charge in [-0.15, -0.1) is 0 Å². The number of morpholine rings is 1. The molecule has 3 heterocycles. The highest BCUT2D eigenvalue weighted by Crippen LogP contribution is 2.21. The van der Waals surface area contributed by atoms with E-state index in [1.807, 2.05) is 18.2 Å². The van der Waals surface area contributed by atoms with Gasteiger partial charge in [0.15, 0.2) is 5.82 Å². The van der Waals surface area contributed by atoms with Gasteiger partial charge in [-0.25, -0.2) is 15.0 Å². The van der Waals surface area contributed by atoms with E-state index >= 15 is 0 Å². The SMILES string of the molecule is C=C/C=C\C1=C(N)SCC(=Nc2cc(CN3CCOCC3)ncn2)N1. The number of hydrogen-bond acceptors (Lipinski definition) is 7. The summed E-state index contributed by atoms with van der Waals surface area (Å²) in [5, 5.41) is 3.99. The summed E-state index contributed by atoms with van der Waals surface area (Å²) >= 11 is 1.55. The number of hydrogen-bond donors (Lipinski definition) is 2. The fraction of sp³-hybridized carbons (Fsp3) is 0.353. The molecule has 1 saturated heterocycles. The van der Waals surface area contributed by atoms with Crippen molar-refractivity contribution in [3.63, 3.8) is 0 Å². The number of amidine groups is 1. The summed E-state index contributed by atoms with van der Waals surface area (Å²) < 4.78 is 5.38. The maximum Gasteiger partial charge on any atom is 0.157 e. The molecule has 0 amide bonds. The van der Waals surface area contributed by atoms with E-state index in [9.17, 15) is 0 Å². The molecular formula is C17H22N6OS. The van der Waals surface area contributed by atoms with E-state index in [4.69, 9.17) is 10.5 Å². The van der Waals surface area contributed by atoms with Crippen LogP contribution in [0.15, 0.2) is 52.9 Å². The minimum absolute atomic E-state index is 0.647. The van der Waals surface area contributed by atoms with Crippen molar-refractivity contribution >= 4 is 23.4 Å². The number of aliphatic imine (C=N–C) groups is 1. The number of rotatable bonds is 5. The Kier molecular flexibility index (Phi) is 6.21. The van der Waals surface area contributed by atoms with Crippen LogP contribution in [0.5, 0.6) is 0 Å². The second-order valence-electron chi connectivity index (χ2n) is 5.60. The molecule has 2 aliphatic heterocycles. The molecule has 0 spiro atoms. The molecule has 0 atom stereocenters. The van der Waals surface area contributed by atoms with Crippen LogP contribution in [0.3, 0.4) is 0 Å². The van der Waals surface area contributed by atoms with Crippen molar-refractivity contribution in [1.29, 1.82) is 0 Å². The zero-order valence-electron chi connectivity index (χ0n) is 14.0. The first-order valence-corrected chi connectivity index (χ1v) is 9.10. The van der Waals surface area contributed by atoms with Crippen molar-refractivity contribution in [3.8, 4) is 0 Å². The van der Waals surface area contributed by atoms with Gasteiger partial charge in [0.05, 0.1) is 35.4 Å². The van der Waals surface area contributed by atoms with Gasteiger partial charge in [0.2, 0.25) is 0 Å². The van der Waals surface area contributed by atoms with Gasteiger partial charge in [0, 0.05) is 25.7 Å². The Morgan fingerprint density at radius 3 is 3.04 bits per heavy atom. The Morgan fingerprint density at radius 2 is 2.24 bits per heavy atom. The lowest BCUT2D eigenvalue weighted by atomic mass is 10.3. The van der Waals surface area contributed by atoms with Crippen molar-refractivity contribution < 1.29 is 4.74 Å². The molecule has 25 heavy (non-hydrogen) atoms. The standard InChI is InChI=1S/C17H22N6OS/c1-2-3-4-14-17(18)25-11-16(21-14)22-15-9-13(19-12-20-15)10-23-5-7-24-8-6-23/h2-4,9,12H,1,5-8,10-11,18H2,(H,19,20,21,22)/b4-3-. The monoisotopic (exact) mass is 358 g/mol. The quantitative estimate of drug-likeness (QED) is 0.772. The van der Waals surface area contributed by atoms with E-state index in [-0.39, 0.29) is 0 Å².